The Hall–Kier alpha value is -0.770. The van der Waals surface area contributed by atoms with Crippen LogP contribution in [0.5, 0.6) is 0 Å². The van der Waals surface area contributed by atoms with Crippen LogP contribution in [0.1, 0.15) is 40.0 Å². The van der Waals surface area contributed by atoms with E-state index < -0.39 is 0 Å². The van der Waals surface area contributed by atoms with Gasteiger partial charge in [-0.15, -0.1) is 0 Å². The quantitative estimate of drug-likeness (QED) is 0.666. The molecule has 0 saturated heterocycles. The third kappa shape index (κ3) is 11.2. The van der Waals surface area contributed by atoms with Gasteiger partial charge in [-0.1, -0.05) is 0 Å². The molecule has 0 fully saturated rings. The van der Waals surface area contributed by atoms with Gasteiger partial charge in [0.1, 0.15) is 0 Å². The Morgan fingerprint density at radius 3 is 2.40 bits per heavy atom. The second-order valence-electron chi connectivity index (χ2n) is 4.68. The maximum atomic E-state index is 11.3. The molecule has 0 aromatic rings. The maximum absolute atomic E-state index is 11.3. The summed E-state index contributed by atoms with van der Waals surface area (Å²) in [6.07, 6.45) is 3.14. The van der Waals surface area contributed by atoms with Gasteiger partial charge in [0, 0.05) is 25.8 Å². The van der Waals surface area contributed by atoms with Gasteiger partial charge in [0.2, 0.25) is 0 Å². The molecule has 0 aliphatic carbocycles. The van der Waals surface area contributed by atoms with Crippen LogP contribution in [0.15, 0.2) is 0 Å². The summed E-state index contributed by atoms with van der Waals surface area (Å²) in [4.78, 5) is 11.3. The number of hydrogen-bond acceptors (Lipinski definition) is 2. The van der Waals surface area contributed by atoms with E-state index in [0.717, 1.165) is 32.4 Å². The highest BCUT2D eigenvalue weighted by Crippen LogP contribution is 1.98. The third-order valence-corrected chi connectivity index (χ3v) is 1.80. The van der Waals surface area contributed by atoms with Crippen molar-refractivity contribution >= 4 is 6.03 Å². The Balaban J connectivity index is 3.32. The maximum Gasteiger partial charge on any atom is 0.315 e. The number of nitrogens with one attached hydrogen (secondary N) is 2. The highest BCUT2D eigenvalue weighted by atomic mass is 16.5. The van der Waals surface area contributed by atoms with E-state index in [2.05, 4.69) is 10.6 Å². The molecule has 0 unspecified atom stereocenters. The number of unbranched alkanes of at least 4 members (excludes halogenated alkanes) is 2. The lowest BCUT2D eigenvalue weighted by atomic mass is 10.1. The lowest BCUT2D eigenvalue weighted by Crippen LogP contribution is -2.46. The van der Waals surface area contributed by atoms with Gasteiger partial charge in [0.15, 0.2) is 0 Å². The first-order chi connectivity index (χ1) is 6.95. The molecule has 0 bridgehead atoms. The molecule has 0 heterocycles. The van der Waals surface area contributed by atoms with Crippen molar-refractivity contribution < 1.29 is 9.53 Å². The first-order valence-electron chi connectivity index (χ1n) is 5.50. The van der Waals surface area contributed by atoms with Crippen LogP contribution in [0.25, 0.3) is 0 Å². The molecule has 90 valence electrons. The third-order valence-electron chi connectivity index (χ3n) is 1.80. The van der Waals surface area contributed by atoms with Crippen molar-refractivity contribution in [2.75, 3.05) is 20.3 Å². The predicted molar refractivity (Wildman–Crippen MR) is 62.0 cm³/mol. The fourth-order valence-electron chi connectivity index (χ4n) is 1.13. The molecular weight excluding hydrogens is 192 g/mol. The van der Waals surface area contributed by atoms with Gasteiger partial charge in [0.25, 0.3) is 0 Å². The summed E-state index contributed by atoms with van der Waals surface area (Å²) in [6, 6.07) is -0.0887. The number of urea groups is 1. The summed E-state index contributed by atoms with van der Waals surface area (Å²) >= 11 is 0. The van der Waals surface area contributed by atoms with Crippen LogP contribution >= 0.6 is 0 Å². The molecule has 0 aliphatic heterocycles. The average Bonchev–Trinajstić information content (AvgIpc) is 2.08. The first kappa shape index (κ1) is 14.2. The van der Waals surface area contributed by atoms with Crippen molar-refractivity contribution in [3.63, 3.8) is 0 Å². The van der Waals surface area contributed by atoms with Gasteiger partial charge in [-0.05, 0) is 40.0 Å². The minimum absolute atomic E-state index is 0.0887. The van der Waals surface area contributed by atoms with Crippen LogP contribution < -0.4 is 10.6 Å². The number of methoxy groups -OCH3 is 1. The second-order valence-corrected chi connectivity index (χ2v) is 4.68. The number of amides is 2. The predicted octanol–water partition coefficient (Wildman–Crippen LogP) is 1.90. The fraction of sp³-hybridized carbons (Fsp3) is 0.909. The standard InChI is InChI=1S/C11H24N2O2/c1-11(2,3)13-10(14)12-8-6-5-7-9-15-4/h5-9H2,1-4H3,(H2,12,13,14). The smallest absolute Gasteiger partial charge is 0.315 e. The second kappa shape index (κ2) is 7.51. The minimum Gasteiger partial charge on any atom is -0.385 e. The molecule has 0 aliphatic rings. The highest BCUT2D eigenvalue weighted by Gasteiger charge is 2.12. The molecule has 0 atom stereocenters. The van der Waals surface area contributed by atoms with Crippen molar-refractivity contribution in [2.45, 2.75) is 45.6 Å². The Kier molecular flexibility index (Phi) is 7.13. The van der Waals surface area contributed by atoms with E-state index in [4.69, 9.17) is 4.74 Å². The molecule has 0 aromatic heterocycles. The molecule has 0 spiro atoms. The highest BCUT2D eigenvalue weighted by molar-refractivity contribution is 5.74. The fourth-order valence-corrected chi connectivity index (χ4v) is 1.13. The van der Waals surface area contributed by atoms with E-state index in [9.17, 15) is 4.79 Å². The zero-order valence-electron chi connectivity index (χ0n) is 10.4. The number of carbonyl (C=O) groups is 1. The van der Waals surface area contributed by atoms with Crippen LogP contribution in [0, 0.1) is 0 Å². The Bertz CT molecular complexity index is 176. The summed E-state index contributed by atoms with van der Waals surface area (Å²) < 4.78 is 4.94. The SMILES string of the molecule is COCCCCCNC(=O)NC(C)(C)C. The normalized spacial score (nSPS) is 11.2. The average molecular weight is 216 g/mol. The summed E-state index contributed by atoms with van der Waals surface area (Å²) in [6.45, 7) is 7.42. The topological polar surface area (TPSA) is 50.4 Å². The van der Waals surface area contributed by atoms with E-state index in [0.29, 0.717) is 0 Å². The van der Waals surface area contributed by atoms with Crippen molar-refractivity contribution in [3.05, 3.63) is 0 Å². The number of rotatable bonds is 6. The van der Waals surface area contributed by atoms with E-state index in [-0.39, 0.29) is 11.6 Å². The zero-order valence-corrected chi connectivity index (χ0v) is 10.4. The molecule has 0 radical (unpaired) electrons. The number of carbonyl (C=O) groups excluding carboxylic acids is 1. The Labute approximate surface area is 92.8 Å². The zero-order chi connectivity index (χ0) is 11.7. The molecule has 0 aromatic carbocycles. The monoisotopic (exact) mass is 216 g/mol. The first-order valence-corrected chi connectivity index (χ1v) is 5.50. The Morgan fingerprint density at radius 1 is 1.20 bits per heavy atom. The number of hydrogen-bond donors (Lipinski definition) is 2. The van der Waals surface area contributed by atoms with Gasteiger partial charge >= 0.3 is 6.03 Å². The molecule has 0 rings (SSSR count). The van der Waals surface area contributed by atoms with Gasteiger partial charge in [0.05, 0.1) is 0 Å². The van der Waals surface area contributed by atoms with Gasteiger partial charge in [-0.2, -0.15) is 0 Å². The largest absolute Gasteiger partial charge is 0.385 e. The lowest BCUT2D eigenvalue weighted by molar-refractivity contribution is 0.192. The van der Waals surface area contributed by atoms with E-state index >= 15 is 0 Å². The van der Waals surface area contributed by atoms with Crippen LogP contribution in [-0.2, 0) is 4.74 Å². The lowest BCUT2D eigenvalue weighted by Gasteiger charge is -2.20. The van der Waals surface area contributed by atoms with Crippen molar-refractivity contribution in [1.29, 1.82) is 0 Å². The summed E-state index contributed by atoms with van der Waals surface area (Å²) in [5, 5.41) is 5.67. The van der Waals surface area contributed by atoms with Gasteiger partial charge in [-0.3, -0.25) is 0 Å². The molecular formula is C11H24N2O2. The van der Waals surface area contributed by atoms with Crippen LogP contribution in [0.3, 0.4) is 0 Å². The van der Waals surface area contributed by atoms with Crippen molar-refractivity contribution in [2.24, 2.45) is 0 Å². The van der Waals surface area contributed by atoms with Crippen LogP contribution in [-0.4, -0.2) is 31.8 Å². The van der Waals surface area contributed by atoms with E-state index in [1.807, 2.05) is 20.8 Å². The Morgan fingerprint density at radius 2 is 1.87 bits per heavy atom. The molecule has 2 N–H and O–H groups in total. The van der Waals surface area contributed by atoms with Crippen molar-refractivity contribution in [3.8, 4) is 0 Å². The molecule has 0 saturated carbocycles. The minimum atomic E-state index is -0.167. The number of ether oxygens (including phenoxy) is 1. The van der Waals surface area contributed by atoms with E-state index in [1.54, 1.807) is 7.11 Å². The van der Waals surface area contributed by atoms with Crippen molar-refractivity contribution in [1.82, 2.24) is 10.6 Å². The van der Waals surface area contributed by atoms with Crippen LogP contribution in [0.4, 0.5) is 4.79 Å². The van der Waals surface area contributed by atoms with E-state index in [1.165, 1.54) is 0 Å². The van der Waals surface area contributed by atoms with Gasteiger partial charge in [-0.25, -0.2) is 4.79 Å². The summed E-state index contributed by atoms with van der Waals surface area (Å²) in [5.41, 5.74) is -0.167. The molecule has 15 heavy (non-hydrogen) atoms. The summed E-state index contributed by atoms with van der Waals surface area (Å²) in [5.74, 6) is 0. The van der Waals surface area contributed by atoms with Crippen LogP contribution in [0.2, 0.25) is 0 Å². The summed E-state index contributed by atoms with van der Waals surface area (Å²) in [7, 11) is 1.70. The molecule has 4 heteroatoms. The molecule has 4 nitrogen and oxygen atoms in total. The van der Waals surface area contributed by atoms with Gasteiger partial charge < -0.3 is 15.4 Å². The molecule has 2 amide bonds.